The average Bonchev–Trinajstić information content (AvgIpc) is 2.05. The number of carbonyl (C=O) groups is 1. The molecule has 0 unspecified atom stereocenters. The van der Waals surface area contributed by atoms with E-state index in [-0.39, 0.29) is 5.91 Å². The molecule has 1 aromatic carbocycles. The Labute approximate surface area is 70.2 Å². The van der Waals surface area contributed by atoms with E-state index in [4.69, 9.17) is 11.6 Å². The Bertz CT molecular complexity index is 255. The summed E-state index contributed by atoms with van der Waals surface area (Å²) in [6.45, 7) is 0. The lowest BCUT2D eigenvalue weighted by molar-refractivity contribution is -0.288. The summed E-state index contributed by atoms with van der Waals surface area (Å²) in [6, 6.07) is 6.89. The highest BCUT2D eigenvalue weighted by Crippen LogP contribution is 2.03. The maximum absolute atomic E-state index is 11.0. The van der Waals surface area contributed by atoms with Crippen molar-refractivity contribution in [2.24, 2.45) is 0 Å². The molecule has 1 N–H and O–H groups in total. The van der Waals surface area contributed by atoms with Crippen LogP contribution in [0, 0.1) is 11.6 Å². The minimum Gasteiger partial charge on any atom is -0.355 e. The molecule has 0 saturated carbocycles. The van der Waals surface area contributed by atoms with E-state index in [9.17, 15) is 4.79 Å². The molecule has 0 aliphatic carbocycles. The molecule has 0 spiro atoms. The predicted octanol–water partition coefficient (Wildman–Crippen LogP) is 0.742. The van der Waals surface area contributed by atoms with Crippen molar-refractivity contribution in [1.82, 2.24) is 5.32 Å². The van der Waals surface area contributed by atoms with Gasteiger partial charge in [-0.15, -0.1) is 0 Å². The highest BCUT2D eigenvalue weighted by atomic mass is 35.5. The van der Waals surface area contributed by atoms with Crippen LogP contribution in [-0.2, 0) is 0 Å². The normalized spacial score (nSPS) is 9.27. The van der Waals surface area contributed by atoms with Gasteiger partial charge >= 0.3 is 0 Å². The molecule has 1 amide bonds. The first-order valence-electron chi connectivity index (χ1n) is 3.23. The van der Waals surface area contributed by atoms with Crippen LogP contribution in [0.15, 0.2) is 24.3 Å². The number of carbonyl (C=O) groups excluding carboxylic acids is 1. The Hall–Kier alpha value is -1.02. The zero-order valence-electron chi connectivity index (χ0n) is 6.13. The largest absolute Gasteiger partial charge is 0.355 e. The van der Waals surface area contributed by atoms with Gasteiger partial charge in [0.25, 0.3) is 5.91 Å². The Balaban J connectivity index is 2.90. The van der Waals surface area contributed by atoms with E-state index in [0.29, 0.717) is 5.56 Å². The first-order chi connectivity index (χ1) is 5.24. The fraction of sp³-hybridized carbons (Fsp3) is 0.125. The third-order valence-electron chi connectivity index (χ3n) is 1.34. The van der Waals surface area contributed by atoms with Gasteiger partial charge in [-0.3, -0.25) is 4.79 Å². The zero-order valence-corrected chi connectivity index (χ0v) is 6.94. The van der Waals surface area contributed by atoms with Gasteiger partial charge in [0.1, 0.15) is 0 Å². The number of nitrogens with one attached hydrogen (secondary N) is 1. The lowest BCUT2D eigenvalue weighted by Crippen LogP contribution is -2.17. The smallest absolute Gasteiger partial charge is 0.251 e. The van der Waals surface area contributed by atoms with Crippen molar-refractivity contribution in [3.05, 3.63) is 34.9 Å². The third kappa shape index (κ3) is 1.95. The van der Waals surface area contributed by atoms with E-state index in [0.717, 1.165) is 5.02 Å². The summed E-state index contributed by atoms with van der Waals surface area (Å²) in [7, 11) is 1.60. The second-order valence-electron chi connectivity index (χ2n) is 2.10. The molecule has 0 aliphatic heterocycles. The summed E-state index contributed by atoms with van der Waals surface area (Å²) in [5.41, 5.74) is 0.640. The number of rotatable bonds is 1. The van der Waals surface area contributed by atoms with E-state index in [1.165, 1.54) is 0 Å². The minimum absolute atomic E-state index is 0.0833. The summed E-state index contributed by atoms with van der Waals surface area (Å²) in [5, 5.41) is 3.28. The predicted molar refractivity (Wildman–Crippen MR) is 40.4 cm³/mol. The number of benzene rings is 1. The third-order valence-corrected chi connectivity index (χ3v) is 1.62. The second kappa shape index (κ2) is 3.39. The van der Waals surface area contributed by atoms with Crippen LogP contribution in [0.1, 0.15) is 10.4 Å². The molecular weight excluding hydrogens is 162 g/mol. The molecule has 0 aromatic heterocycles. The first-order valence-corrected chi connectivity index (χ1v) is 3.64. The van der Waals surface area contributed by atoms with Gasteiger partial charge in [0.2, 0.25) is 5.02 Å². The van der Waals surface area contributed by atoms with Gasteiger partial charge in [0, 0.05) is 24.7 Å². The van der Waals surface area contributed by atoms with Crippen molar-refractivity contribution < 1.29 is 16.4 Å². The summed E-state index contributed by atoms with van der Waals surface area (Å²) in [6.07, 6.45) is 0. The molecule has 0 atom stereocenters. The monoisotopic (exact) mass is 170 g/mol. The van der Waals surface area contributed by atoms with Crippen LogP contribution in [0.5, 0.6) is 0 Å². The van der Waals surface area contributed by atoms with Gasteiger partial charge in [-0.05, 0) is 12.1 Å². The van der Waals surface area contributed by atoms with Gasteiger partial charge in [-0.2, -0.15) is 0 Å². The molecule has 1 aromatic rings. The molecule has 1 rings (SSSR count). The zero-order chi connectivity index (χ0) is 8.27. The quantitative estimate of drug-likeness (QED) is 0.662. The molecule has 11 heavy (non-hydrogen) atoms. The maximum atomic E-state index is 11.0. The second-order valence-corrected chi connectivity index (χ2v) is 2.57. The van der Waals surface area contributed by atoms with Crippen LogP contribution >= 0.6 is 0 Å². The van der Waals surface area contributed by atoms with Gasteiger partial charge in [-0.1, -0.05) is 0 Å². The van der Waals surface area contributed by atoms with Crippen molar-refractivity contribution in [2.75, 3.05) is 7.05 Å². The highest BCUT2D eigenvalue weighted by molar-refractivity contribution is 5.93. The van der Waals surface area contributed by atoms with Crippen LogP contribution in [0.2, 0.25) is 5.02 Å². The van der Waals surface area contributed by atoms with Crippen LogP contribution < -0.4 is 5.32 Å². The van der Waals surface area contributed by atoms with Crippen LogP contribution in [-0.4, -0.2) is 13.0 Å². The van der Waals surface area contributed by atoms with E-state index >= 15 is 0 Å². The molecule has 2 nitrogen and oxygen atoms in total. The Morgan fingerprint density at radius 3 is 2.36 bits per heavy atom. The SMILES string of the molecule is CNC(=O)c1ccc([ClH+])cc1. The lowest BCUT2D eigenvalue weighted by atomic mass is 10.2. The lowest BCUT2D eigenvalue weighted by Gasteiger charge is -1.95. The molecule has 0 bridgehead atoms. The minimum atomic E-state index is -0.0833. The summed E-state index contributed by atoms with van der Waals surface area (Å²) >= 11 is 4.86. The number of hydrogen-bond acceptors (Lipinski definition) is 1. The van der Waals surface area contributed by atoms with E-state index in [2.05, 4.69) is 5.32 Å². The fourth-order valence-corrected chi connectivity index (χ4v) is 0.887. The molecule has 0 aliphatic rings. The van der Waals surface area contributed by atoms with Crippen molar-refractivity contribution in [2.45, 2.75) is 0 Å². The Kier molecular flexibility index (Phi) is 2.49. The molecule has 0 saturated heterocycles. The topological polar surface area (TPSA) is 29.1 Å². The van der Waals surface area contributed by atoms with Crippen LogP contribution in [0.3, 0.4) is 0 Å². The molecule has 0 fully saturated rings. The first kappa shape index (κ1) is 8.08. The van der Waals surface area contributed by atoms with E-state index < -0.39 is 0 Å². The van der Waals surface area contributed by atoms with E-state index in [1.807, 2.05) is 0 Å². The summed E-state index contributed by atoms with van der Waals surface area (Å²) in [5.74, 6) is -0.0833. The molecular formula is C8H9ClNO+. The average molecular weight is 171 g/mol. The fourth-order valence-electron chi connectivity index (χ4n) is 0.751. The summed E-state index contributed by atoms with van der Waals surface area (Å²) < 4.78 is 0. The standard InChI is InChI=1S/C8H8ClNO/c1-10-8(11)6-2-4-7(9)5-3-6/h2-5,9H,1H3/p+1. The molecule has 3 heteroatoms. The van der Waals surface area contributed by atoms with Crippen molar-refractivity contribution in [1.29, 1.82) is 0 Å². The number of hydrogen-bond donors (Lipinski definition) is 1. The Morgan fingerprint density at radius 2 is 1.91 bits per heavy atom. The molecule has 58 valence electrons. The Morgan fingerprint density at radius 1 is 1.36 bits per heavy atom. The van der Waals surface area contributed by atoms with Gasteiger partial charge in [0.05, 0.1) is 0 Å². The van der Waals surface area contributed by atoms with Crippen LogP contribution in [0.25, 0.3) is 0 Å². The van der Waals surface area contributed by atoms with E-state index in [1.54, 1.807) is 31.3 Å². The van der Waals surface area contributed by atoms with Gasteiger partial charge < -0.3 is 5.32 Å². The maximum Gasteiger partial charge on any atom is 0.251 e. The van der Waals surface area contributed by atoms with Crippen LogP contribution in [0.4, 0.5) is 0 Å². The highest BCUT2D eigenvalue weighted by Gasteiger charge is 2.02. The van der Waals surface area contributed by atoms with Crippen molar-refractivity contribution in [3.63, 3.8) is 0 Å². The number of amides is 1. The van der Waals surface area contributed by atoms with Gasteiger partial charge in [-0.25, -0.2) is 0 Å². The number of halogens is 1. The molecule has 0 heterocycles. The summed E-state index contributed by atoms with van der Waals surface area (Å²) in [4.78, 5) is 11.0. The van der Waals surface area contributed by atoms with Crippen molar-refractivity contribution >= 4 is 5.91 Å². The van der Waals surface area contributed by atoms with Gasteiger partial charge in [0.15, 0.2) is 11.6 Å². The van der Waals surface area contributed by atoms with Crippen molar-refractivity contribution in [3.8, 4) is 0 Å². The molecule has 0 radical (unpaired) electrons.